The predicted molar refractivity (Wildman–Crippen MR) is 78.3 cm³/mol. The first kappa shape index (κ1) is 14.0. The van der Waals surface area contributed by atoms with E-state index in [1.165, 1.54) is 31.4 Å². The van der Waals surface area contributed by atoms with Crippen molar-refractivity contribution in [3.05, 3.63) is 28.5 Å². The van der Waals surface area contributed by atoms with Gasteiger partial charge in [-0.25, -0.2) is 0 Å². The molecule has 2 N–H and O–H groups in total. The zero-order chi connectivity index (χ0) is 13.0. The molecule has 100 valence electrons. The fourth-order valence-corrected chi connectivity index (χ4v) is 3.37. The number of aromatic nitrogens is 1. The predicted octanol–water partition coefficient (Wildman–Crippen LogP) is 2.97. The molecule has 2 rings (SSSR count). The molecule has 0 aromatic carbocycles. The van der Waals surface area contributed by atoms with Gasteiger partial charge in [0.15, 0.2) is 0 Å². The largest absolute Gasteiger partial charge is 0.330 e. The van der Waals surface area contributed by atoms with E-state index in [0.29, 0.717) is 12.0 Å². The Hall–Kier alpha value is -0.450. The summed E-state index contributed by atoms with van der Waals surface area (Å²) in [6, 6.07) is 2.61. The summed E-state index contributed by atoms with van der Waals surface area (Å²) in [6.07, 6.45) is 7.63. The normalized spacial score (nSPS) is 25.9. The molecule has 1 aliphatic rings. The van der Waals surface area contributed by atoms with Crippen molar-refractivity contribution in [2.45, 2.75) is 32.2 Å². The molecule has 0 spiro atoms. The topological polar surface area (TPSA) is 42.1 Å². The zero-order valence-corrected chi connectivity index (χ0v) is 12.6. The third-order valence-electron chi connectivity index (χ3n) is 3.89. The molecule has 1 saturated heterocycles. The van der Waals surface area contributed by atoms with Crippen molar-refractivity contribution >= 4 is 15.9 Å². The Morgan fingerprint density at radius 3 is 2.94 bits per heavy atom. The van der Waals surface area contributed by atoms with Crippen molar-refractivity contribution in [1.29, 1.82) is 0 Å². The van der Waals surface area contributed by atoms with Crippen LogP contribution in [0.15, 0.2) is 22.9 Å². The summed E-state index contributed by atoms with van der Waals surface area (Å²) < 4.78 is 1.05. The van der Waals surface area contributed by atoms with Gasteiger partial charge in [-0.1, -0.05) is 13.3 Å². The average Bonchev–Trinajstić information content (AvgIpc) is 2.60. The van der Waals surface area contributed by atoms with Gasteiger partial charge in [0.1, 0.15) is 0 Å². The number of nitrogens with zero attached hydrogens (tertiary/aromatic N) is 2. The Kier molecular flexibility index (Phi) is 5.15. The maximum atomic E-state index is 6.00. The van der Waals surface area contributed by atoms with Gasteiger partial charge in [0.05, 0.1) is 0 Å². The number of likely N-dealkylation sites (tertiary alicyclic amines) is 1. The fourth-order valence-electron chi connectivity index (χ4n) is 2.99. The Labute approximate surface area is 118 Å². The zero-order valence-electron chi connectivity index (χ0n) is 11.0. The van der Waals surface area contributed by atoms with Crippen molar-refractivity contribution in [3.8, 4) is 0 Å². The van der Waals surface area contributed by atoms with Crippen molar-refractivity contribution < 1.29 is 0 Å². The van der Waals surface area contributed by atoms with Gasteiger partial charge >= 0.3 is 0 Å². The summed E-state index contributed by atoms with van der Waals surface area (Å²) in [5, 5.41) is 0. The summed E-state index contributed by atoms with van der Waals surface area (Å²) in [5.74, 6) is 0.545. The minimum Gasteiger partial charge on any atom is -0.330 e. The molecule has 0 bridgehead atoms. The van der Waals surface area contributed by atoms with Crippen LogP contribution in [0.4, 0.5) is 0 Å². The highest BCUT2D eigenvalue weighted by Gasteiger charge is 2.29. The Balaban J connectivity index is 2.32. The van der Waals surface area contributed by atoms with Gasteiger partial charge in [-0.3, -0.25) is 9.88 Å². The summed E-state index contributed by atoms with van der Waals surface area (Å²) in [6.45, 7) is 5.24. The number of halogens is 1. The fraction of sp³-hybridized carbons (Fsp3) is 0.643. The van der Waals surface area contributed by atoms with E-state index in [1.807, 2.05) is 12.4 Å². The van der Waals surface area contributed by atoms with Gasteiger partial charge in [-0.2, -0.15) is 0 Å². The second kappa shape index (κ2) is 6.64. The van der Waals surface area contributed by atoms with E-state index >= 15 is 0 Å². The monoisotopic (exact) mass is 311 g/mol. The summed E-state index contributed by atoms with van der Waals surface area (Å²) >= 11 is 3.52. The van der Waals surface area contributed by atoms with Crippen LogP contribution in [0.1, 0.15) is 37.8 Å². The molecule has 18 heavy (non-hydrogen) atoms. The van der Waals surface area contributed by atoms with Crippen LogP contribution >= 0.6 is 15.9 Å². The van der Waals surface area contributed by atoms with Crippen LogP contribution in [0.2, 0.25) is 0 Å². The van der Waals surface area contributed by atoms with Crippen LogP contribution in [0.5, 0.6) is 0 Å². The molecule has 1 aromatic rings. The molecule has 0 amide bonds. The standard InChI is InChI=1S/C14H22BrN3/c1-2-18-6-4-3-5-11(8-16)14(18)12-7-13(15)10-17-9-12/h7,9-11,14H,2-6,8,16H2,1H3. The highest BCUT2D eigenvalue weighted by Crippen LogP contribution is 2.34. The van der Waals surface area contributed by atoms with E-state index in [9.17, 15) is 0 Å². The lowest BCUT2D eigenvalue weighted by Crippen LogP contribution is -2.35. The summed E-state index contributed by atoms with van der Waals surface area (Å²) in [5.41, 5.74) is 7.29. The van der Waals surface area contributed by atoms with E-state index < -0.39 is 0 Å². The van der Waals surface area contributed by atoms with Crippen LogP contribution in [0.3, 0.4) is 0 Å². The van der Waals surface area contributed by atoms with Gasteiger partial charge in [0, 0.05) is 22.9 Å². The highest BCUT2D eigenvalue weighted by atomic mass is 79.9. The lowest BCUT2D eigenvalue weighted by molar-refractivity contribution is 0.166. The van der Waals surface area contributed by atoms with Gasteiger partial charge in [0.2, 0.25) is 0 Å². The van der Waals surface area contributed by atoms with Crippen molar-refractivity contribution in [3.63, 3.8) is 0 Å². The third-order valence-corrected chi connectivity index (χ3v) is 4.32. The van der Waals surface area contributed by atoms with Crippen LogP contribution in [-0.2, 0) is 0 Å². The van der Waals surface area contributed by atoms with E-state index in [0.717, 1.165) is 17.6 Å². The molecule has 0 radical (unpaired) electrons. The second-order valence-electron chi connectivity index (χ2n) is 5.00. The van der Waals surface area contributed by atoms with E-state index in [4.69, 9.17) is 5.73 Å². The average molecular weight is 312 g/mol. The Bertz CT molecular complexity index is 369. The van der Waals surface area contributed by atoms with Gasteiger partial charge in [0.25, 0.3) is 0 Å². The lowest BCUT2D eigenvalue weighted by atomic mass is 9.90. The lowest BCUT2D eigenvalue weighted by Gasteiger charge is -2.34. The smallest absolute Gasteiger partial charge is 0.0410 e. The molecule has 3 nitrogen and oxygen atoms in total. The number of hydrogen-bond acceptors (Lipinski definition) is 3. The second-order valence-corrected chi connectivity index (χ2v) is 5.92. The molecule has 2 atom stereocenters. The number of rotatable bonds is 3. The summed E-state index contributed by atoms with van der Waals surface area (Å²) in [4.78, 5) is 6.86. The first-order valence-corrected chi connectivity index (χ1v) is 7.60. The first-order chi connectivity index (χ1) is 8.76. The van der Waals surface area contributed by atoms with Crippen LogP contribution in [0, 0.1) is 5.92 Å². The van der Waals surface area contributed by atoms with E-state index in [2.05, 4.69) is 38.8 Å². The van der Waals surface area contributed by atoms with Crippen LogP contribution in [0.25, 0.3) is 0 Å². The van der Waals surface area contributed by atoms with E-state index in [-0.39, 0.29) is 0 Å². The van der Waals surface area contributed by atoms with Crippen molar-refractivity contribution in [2.24, 2.45) is 11.7 Å². The molecular weight excluding hydrogens is 290 g/mol. The molecule has 0 saturated carbocycles. The first-order valence-electron chi connectivity index (χ1n) is 6.80. The maximum absolute atomic E-state index is 6.00. The van der Waals surface area contributed by atoms with Gasteiger partial charge in [-0.15, -0.1) is 0 Å². The van der Waals surface area contributed by atoms with E-state index in [1.54, 1.807) is 0 Å². The number of pyridine rings is 1. The molecule has 1 aromatic heterocycles. The molecule has 1 fully saturated rings. The number of nitrogens with two attached hydrogens (primary N) is 1. The highest BCUT2D eigenvalue weighted by molar-refractivity contribution is 9.10. The summed E-state index contributed by atoms with van der Waals surface area (Å²) in [7, 11) is 0. The number of hydrogen-bond donors (Lipinski definition) is 1. The van der Waals surface area contributed by atoms with Gasteiger partial charge in [-0.05, 0) is 66.0 Å². The van der Waals surface area contributed by atoms with Crippen LogP contribution < -0.4 is 5.73 Å². The molecule has 2 unspecified atom stereocenters. The maximum Gasteiger partial charge on any atom is 0.0410 e. The minimum absolute atomic E-state index is 0.424. The minimum atomic E-state index is 0.424. The molecule has 1 aliphatic heterocycles. The Morgan fingerprint density at radius 2 is 2.28 bits per heavy atom. The van der Waals surface area contributed by atoms with Crippen molar-refractivity contribution in [2.75, 3.05) is 19.6 Å². The SMILES string of the molecule is CCN1CCCCC(CN)C1c1cncc(Br)c1. The van der Waals surface area contributed by atoms with Gasteiger partial charge < -0.3 is 5.73 Å². The molecule has 4 heteroatoms. The molecule has 0 aliphatic carbocycles. The third kappa shape index (κ3) is 3.11. The van der Waals surface area contributed by atoms with Crippen LogP contribution in [-0.4, -0.2) is 29.5 Å². The Morgan fingerprint density at radius 1 is 1.44 bits per heavy atom. The quantitative estimate of drug-likeness (QED) is 0.933. The molecular formula is C14H22BrN3. The molecule has 2 heterocycles. The van der Waals surface area contributed by atoms with Crippen molar-refractivity contribution in [1.82, 2.24) is 9.88 Å².